The molecule has 5 atom stereocenters. The van der Waals surface area contributed by atoms with E-state index < -0.39 is 11.1 Å². The average molecular weight is 892 g/mol. The molecule has 12 nitrogen and oxygen atoms in total. The Bertz CT molecular complexity index is 1930. The first-order chi connectivity index (χ1) is 31.5. The lowest BCUT2D eigenvalue weighted by atomic mass is 9.74. The van der Waals surface area contributed by atoms with Crippen molar-refractivity contribution < 1.29 is 14.4 Å². The molecule has 3 aliphatic carbocycles. The lowest BCUT2D eigenvalue weighted by Gasteiger charge is -2.35. The summed E-state index contributed by atoms with van der Waals surface area (Å²) in [4.78, 5) is 53.9. The highest BCUT2D eigenvalue weighted by molar-refractivity contribution is 6.07. The number of nitrogens with two attached hydrogens (primary N) is 2. The highest BCUT2D eigenvalue weighted by atomic mass is 16.2. The fourth-order valence-corrected chi connectivity index (χ4v) is 12.0. The van der Waals surface area contributed by atoms with E-state index in [-0.39, 0.29) is 23.9 Å². The maximum Gasteiger partial charge on any atom is 0.318 e. The Kier molecular flexibility index (Phi) is 17.0. The van der Waals surface area contributed by atoms with Crippen molar-refractivity contribution in [3.05, 3.63) is 71.3 Å². The molecule has 65 heavy (non-hydrogen) atoms. The summed E-state index contributed by atoms with van der Waals surface area (Å²) in [7, 11) is 1.79. The summed E-state index contributed by atoms with van der Waals surface area (Å²) in [6.07, 6.45) is 25.1. The van der Waals surface area contributed by atoms with Crippen molar-refractivity contribution in [2.24, 2.45) is 39.2 Å². The number of amides is 4. The van der Waals surface area contributed by atoms with Crippen molar-refractivity contribution in [3.63, 3.8) is 0 Å². The first kappa shape index (κ1) is 48.5. The van der Waals surface area contributed by atoms with Crippen LogP contribution >= 0.6 is 0 Å². The minimum absolute atomic E-state index is 0.0133. The zero-order valence-corrected chi connectivity index (χ0v) is 40.1. The first-order valence-corrected chi connectivity index (χ1v) is 25.7. The number of hydrogen-bond acceptors (Lipinski definition) is 8. The van der Waals surface area contributed by atoms with Crippen LogP contribution in [0.5, 0.6) is 0 Å². The number of hydrogen-bond donors (Lipinski definition) is 4. The van der Waals surface area contributed by atoms with Gasteiger partial charge in [0, 0.05) is 38.8 Å². The fourth-order valence-electron chi connectivity index (χ4n) is 12.0. The number of carbonyl (C=O) groups is 3. The second kappa shape index (κ2) is 22.8. The van der Waals surface area contributed by atoms with Crippen LogP contribution in [0, 0.1) is 17.8 Å². The Hall–Kier alpha value is -4.45. The predicted octanol–water partition coefficient (Wildman–Crippen LogP) is 9.16. The monoisotopic (exact) mass is 892 g/mol. The van der Waals surface area contributed by atoms with Crippen LogP contribution in [-0.4, -0.2) is 81.2 Å². The summed E-state index contributed by atoms with van der Waals surface area (Å²) >= 11 is 0. The molecular formula is C53H81N9O3. The minimum Gasteiger partial charge on any atom is -0.369 e. The maximum atomic E-state index is 13.6. The number of guanidine groups is 2. The third kappa shape index (κ3) is 12.5. The second-order valence-corrected chi connectivity index (χ2v) is 20.7. The number of urea groups is 1. The molecule has 0 spiro atoms. The normalized spacial score (nSPS) is 27.7. The quantitative estimate of drug-likeness (QED) is 0.117. The van der Waals surface area contributed by atoms with Gasteiger partial charge in [-0.25, -0.2) is 14.8 Å². The Balaban J connectivity index is 0.000000195. The molecule has 1 saturated heterocycles. The molecule has 0 aromatic heterocycles. The predicted molar refractivity (Wildman–Crippen MR) is 262 cm³/mol. The molecule has 356 valence electrons. The van der Waals surface area contributed by atoms with Gasteiger partial charge in [0.15, 0.2) is 11.9 Å². The van der Waals surface area contributed by atoms with E-state index in [2.05, 4.69) is 54.8 Å². The molecule has 6 aliphatic rings. The highest BCUT2D eigenvalue weighted by Crippen LogP contribution is 2.41. The van der Waals surface area contributed by atoms with E-state index in [0.717, 1.165) is 87.9 Å². The molecular weight excluding hydrogens is 811 g/mol. The van der Waals surface area contributed by atoms with Gasteiger partial charge in [-0.05, 0) is 85.8 Å². The smallest absolute Gasteiger partial charge is 0.318 e. The molecule has 6 N–H and O–H groups in total. The lowest BCUT2D eigenvalue weighted by molar-refractivity contribution is -0.133. The van der Waals surface area contributed by atoms with Crippen molar-refractivity contribution in [2.75, 3.05) is 13.6 Å². The SMILES string of the molecule is CCC[C@H]1CN(Cc2ccc(CN3C(=O)C(CCC)(CC4CCCCC4)N=C3N)cc2)C(=O)N1.CN1C(=O)[C@@](CCC2CCCCC2)(C[C@H]2CCC[C@@H](NCc3ccccc3)C2)N=C1N. The maximum absolute atomic E-state index is 13.6. The molecule has 4 amide bonds. The van der Waals surface area contributed by atoms with Crippen molar-refractivity contribution in [2.45, 2.75) is 198 Å². The summed E-state index contributed by atoms with van der Waals surface area (Å²) in [5.74, 6) is 2.81. The van der Waals surface area contributed by atoms with Crippen LogP contribution in [0.25, 0.3) is 0 Å². The largest absolute Gasteiger partial charge is 0.369 e. The standard InChI is InChI=1S/C27H41N5O2.C26H40N4O/c1-3-8-23-19-31(26(34)29-23)17-21-11-13-22(14-12-21)18-32-24(33)27(15-4-2,30-25(32)28)16-20-9-6-5-7-10-20;1-30-24(31)26(29-25(30)27,16-15-20-9-4-2-5-10-20)18-22-13-8-14-23(17-22)28-19-21-11-6-3-7-12-21/h11-14,20,23H,3-10,15-19H2,1-2H3,(H2,28,30)(H,29,34);3,6-7,11-12,20,22-23,28H,2,4-5,8-10,13-19H2,1H3,(H2,27,29)/t23-,27?;22-,23+,26+/m00/s1. The van der Waals surface area contributed by atoms with E-state index in [4.69, 9.17) is 21.5 Å². The number of rotatable bonds is 18. The zero-order valence-electron chi connectivity index (χ0n) is 40.1. The number of likely N-dealkylation sites (N-methyl/N-ethyl adjacent to an activating group) is 1. The van der Waals surface area contributed by atoms with Gasteiger partial charge in [-0.2, -0.15) is 0 Å². The van der Waals surface area contributed by atoms with Crippen LogP contribution in [0.1, 0.15) is 172 Å². The molecule has 4 fully saturated rings. The Labute approximate surface area is 390 Å². The summed E-state index contributed by atoms with van der Waals surface area (Å²) in [6, 6.07) is 19.6. The van der Waals surface area contributed by atoms with Crippen molar-refractivity contribution >= 4 is 29.8 Å². The van der Waals surface area contributed by atoms with E-state index in [9.17, 15) is 14.4 Å². The molecule has 2 aromatic rings. The van der Waals surface area contributed by atoms with Gasteiger partial charge < -0.3 is 27.0 Å². The van der Waals surface area contributed by atoms with E-state index in [1.165, 1.54) is 89.0 Å². The number of aliphatic imine (C=N–C) groups is 2. The third-order valence-electron chi connectivity index (χ3n) is 15.6. The summed E-state index contributed by atoms with van der Waals surface area (Å²) in [5, 5.41) is 6.82. The van der Waals surface area contributed by atoms with Gasteiger partial charge in [0.2, 0.25) is 0 Å². The molecule has 0 bridgehead atoms. The van der Waals surface area contributed by atoms with Crippen molar-refractivity contribution in [1.29, 1.82) is 0 Å². The van der Waals surface area contributed by atoms with Gasteiger partial charge >= 0.3 is 6.03 Å². The van der Waals surface area contributed by atoms with Crippen LogP contribution in [0.2, 0.25) is 0 Å². The molecule has 1 unspecified atom stereocenters. The van der Waals surface area contributed by atoms with Crippen LogP contribution in [0.4, 0.5) is 4.79 Å². The van der Waals surface area contributed by atoms with Gasteiger partial charge in [-0.3, -0.25) is 19.4 Å². The molecule has 0 radical (unpaired) electrons. The molecule has 3 saturated carbocycles. The summed E-state index contributed by atoms with van der Waals surface area (Å²) in [6.45, 7) is 6.96. The summed E-state index contributed by atoms with van der Waals surface area (Å²) < 4.78 is 0. The van der Waals surface area contributed by atoms with Gasteiger partial charge in [0.25, 0.3) is 11.8 Å². The average Bonchev–Trinajstić information content (AvgIpc) is 3.86. The Morgan fingerprint density at radius 1 is 0.662 bits per heavy atom. The number of nitrogens with zero attached hydrogens (tertiary/aromatic N) is 5. The van der Waals surface area contributed by atoms with Crippen LogP contribution < -0.4 is 22.1 Å². The van der Waals surface area contributed by atoms with Crippen molar-refractivity contribution in [1.82, 2.24) is 25.3 Å². The van der Waals surface area contributed by atoms with Crippen LogP contribution in [0.15, 0.2) is 64.6 Å². The lowest BCUT2D eigenvalue weighted by Crippen LogP contribution is -2.45. The Morgan fingerprint density at radius 3 is 1.92 bits per heavy atom. The number of nitrogens with one attached hydrogen (secondary N) is 2. The molecule has 3 heterocycles. The van der Waals surface area contributed by atoms with E-state index >= 15 is 0 Å². The molecule has 3 aliphatic heterocycles. The third-order valence-corrected chi connectivity index (χ3v) is 15.6. The second-order valence-electron chi connectivity index (χ2n) is 20.7. The molecule has 8 rings (SSSR count). The minimum atomic E-state index is -0.682. The highest BCUT2D eigenvalue weighted by Gasteiger charge is 2.49. The van der Waals surface area contributed by atoms with E-state index in [1.54, 1.807) is 16.8 Å². The van der Waals surface area contributed by atoms with E-state index in [1.807, 2.05) is 29.2 Å². The van der Waals surface area contributed by atoms with Gasteiger partial charge in [0.1, 0.15) is 11.1 Å². The van der Waals surface area contributed by atoms with Crippen molar-refractivity contribution in [3.8, 4) is 0 Å². The zero-order chi connectivity index (χ0) is 45.8. The van der Waals surface area contributed by atoms with Crippen LogP contribution in [0.3, 0.4) is 0 Å². The molecule has 2 aromatic carbocycles. The number of carbonyl (C=O) groups excluding carboxylic acids is 3. The van der Waals surface area contributed by atoms with E-state index in [0.29, 0.717) is 42.9 Å². The van der Waals surface area contributed by atoms with Gasteiger partial charge in [-0.15, -0.1) is 0 Å². The number of benzene rings is 2. The summed E-state index contributed by atoms with van der Waals surface area (Å²) in [5.41, 5.74) is 14.6. The molecule has 12 heteroatoms. The van der Waals surface area contributed by atoms with Gasteiger partial charge in [-0.1, -0.05) is 158 Å². The fraction of sp³-hybridized carbons (Fsp3) is 0.679. The van der Waals surface area contributed by atoms with Crippen LogP contribution in [-0.2, 0) is 29.2 Å². The topological polar surface area (TPSA) is 162 Å². The Morgan fingerprint density at radius 2 is 1.28 bits per heavy atom. The first-order valence-electron chi connectivity index (χ1n) is 25.7. The van der Waals surface area contributed by atoms with Gasteiger partial charge in [0.05, 0.1) is 6.54 Å².